The fraction of sp³-hybridized carbons (Fsp3) is 0.667. The van der Waals surface area contributed by atoms with Crippen LogP contribution in [0.25, 0.3) is 0 Å². The Labute approximate surface area is 103 Å². The number of anilines is 1. The van der Waals surface area contributed by atoms with Crippen LogP contribution in [0, 0.1) is 0 Å². The van der Waals surface area contributed by atoms with E-state index in [0.29, 0.717) is 25.0 Å². The van der Waals surface area contributed by atoms with Crippen molar-refractivity contribution in [1.29, 1.82) is 0 Å². The third-order valence-corrected chi connectivity index (χ3v) is 2.27. The maximum absolute atomic E-state index is 5.90. The first-order chi connectivity index (χ1) is 8.26. The van der Waals surface area contributed by atoms with Gasteiger partial charge in [-0.2, -0.15) is 4.98 Å². The third kappa shape index (κ3) is 5.49. The summed E-state index contributed by atoms with van der Waals surface area (Å²) in [6.45, 7) is 5.54. The maximum atomic E-state index is 5.90. The van der Waals surface area contributed by atoms with E-state index in [-0.39, 0.29) is 6.04 Å². The standard InChI is InChI=1S/C12H22N4O/c1-3-5-10(13)9-15-12-14-7-6-11(16-12)17-8-4-2/h6-7,10H,3-5,8-9,13H2,1-2H3,(H,14,15,16). The molecule has 0 radical (unpaired) electrons. The molecular weight excluding hydrogens is 216 g/mol. The molecule has 0 aliphatic rings. The first-order valence-electron chi connectivity index (χ1n) is 6.21. The lowest BCUT2D eigenvalue weighted by atomic mass is 10.2. The number of ether oxygens (including phenoxy) is 1. The highest BCUT2D eigenvalue weighted by molar-refractivity contribution is 5.27. The molecule has 17 heavy (non-hydrogen) atoms. The highest BCUT2D eigenvalue weighted by Crippen LogP contribution is 2.08. The monoisotopic (exact) mass is 238 g/mol. The number of hydrogen-bond donors (Lipinski definition) is 2. The Bertz CT molecular complexity index is 319. The van der Waals surface area contributed by atoms with Crippen molar-refractivity contribution in [3.05, 3.63) is 12.3 Å². The van der Waals surface area contributed by atoms with Crippen LogP contribution in [0.1, 0.15) is 33.1 Å². The van der Waals surface area contributed by atoms with E-state index in [0.717, 1.165) is 19.3 Å². The predicted octanol–water partition coefficient (Wildman–Crippen LogP) is 1.80. The van der Waals surface area contributed by atoms with Gasteiger partial charge in [0, 0.05) is 24.8 Å². The van der Waals surface area contributed by atoms with Gasteiger partial charge in [0.05, 0.1) is 6.61 Å². The van der Waals surface area contributed by atoms with Gasteiger partial charge in [0.2, 0.25) is 11.8 Å². The normalized spacial score (nSPS) is 12.2. The molecule has 0 spiro atoms. The molecule has 0 bridgehead atoms. The van der Waals surface area contributed by atoms with Gasteiger partial charge in [-0.3, -0.25) is 0 Å². The molecule has 1 rings (SSSR count). The molecule has 96 valence electrons. The zero-order chi connectivity index (χ0) is 12.5. The smallest absolute Gasteiger partial charge is 0.225 e. The summed E-state index contributed by atoms with van der Waals surface area (Å²) in [4.78, 5) is 8.36. The van der Waals surface area contributed by atoms with E-state index < -0.39 is 0 Å². The quantitative estimate of drug-likeness (QED) is 0.722. The highest BCUT2D eigenvalue weighted by atomic mass is 16.5. The molecular formula is C12H22N4O. The number of hydrogen-bond acceptors (Lipinski definition) is 5. The van der Waals surface area contributed by atoms with E-state index in [1.54, 1.807) is 12.3 Å². The van der Waals surface area contributed by atoms with Crippen LogP contribution in [0.5, 0.6) is 5.88 Å². The van der Waals surface area contributed by atoms with Gasteiger partial charge in [0.15, 0.2) is 0 Å². The van der Waals surface area contributed by atoms with E-state index >= 15 is 0 Å². The molecule has 0 fully saturated rings. The van der Waals surface area contributed by atoms with Crippen LogP contribution in [0.2, 0.25) is 0 Å². The second-order valence-electron chi connectivity index (χ2n) is 4.00. The van der Waals surface area contributed by atoms with Crippen molar-refractivity contribution in [2.75, 3.05) is 18.5 Å². The second-order valence-corrected chi connectivity index (χ2v) is 4.00. The minimum absolute atomic E-state index is 0.142. The van der Waals surface area contributed by atoms with E-state index in [2.05, 4.69) is 29.1 Å². The van der Waals surface area contributed by atoms with Crippen molar-refractivity contribution in [1.82, 2.24) is 9.97 Å². The van der Waals surface area contributed by atoms with Crippen LogP contribution in [0.3, 0.4) is 0 Å². The number of nitrogens with zero attached hydrogens (tertiary/aromatic N) is 2. The van der Waals surface area contributed by atoms with Crippen LogP contribution >= 0.6 is 0 Å². The van der Waals surface area contributed by atoms with E-state index in [9.17, 15) is 0 Å². The first-order valence-corrected chi connectivity index (χ1v) is 6.21. The van der Waals surface area contributed by atoms with Gasteiger partial charge in [-0.15, -0.1) is 0 Å². The molecule has 1 aromatic heterocycles. The molecule has 0 aliphatic carbocycles. The van der Waals surface area contributed by atoms with Crippen LogP contribution < -0.4 is 15.8 Å². The summed E-state index contributed by atoms with van der Waals surface area (Å²) in [5, 5.41) is 3.12. The molecule has 1 aromatic rings. The summed E-state index contributed by atoms with van der Waals surface area (Å²) in [6.07, 6.45) is 4.74. The van der Waals surface area contributed by atoms with Crippen LogP contribution in [-0.2, 0) is 0 Å². The number of rotatable bonds is 8. The zero-order valence-corrected chi connectivity index (χ0v) is 10.6. The molecule has 1 atom stereocenters. The molecule has 0 saturated carbocycles. The fourth-order valence-corrected chi connectivity index (χ4v) is 1.41. The Kier molecular flexibility index (Phi) is 6.32. The van der Waals surface area contributed by atoms with Crippen LogP contribution in [0.4, 0.5) is 5.95 Å². The second kappa shape index (κ2) is 7.84. The molecule has 5 nitrogen and oxygen atoms in total. The van der Waals surface area contributed by atoms with Gasteiger partial charge in [0.1, 0.15) is 0 Å². The maximum Gasteiger partial charge on any atom is 0.225 e. The first kappa shape index (κ1) is 13.7. The summed E-state index contributed by atoms with van der Waals surface area (Å²) in [5.74, 6) is 1.18. The lowest BCUT2D eigenvalue weighted by Gasteiger charge is -2.11. The average Bonchev–Trinajstić information content (AvgIpc) is 2.35. The SMILES string of the molecule is CCCOc1ccnc(NCC(N)CCC)n1. The molecule has 3 N–H and O–H groups in total. The van der Waals surface area contributed by atoms with Crippen LogP contribution in [0.15, 0.2) is 12.3 Å². The molecule has 0 saturated heterocycles. The van der Waals surface area contributed by atoms with E-state index in [1.165, 1.54) is 0 Å². The molecule has 0 aromatic carbocycles. The van der Waals surface area contributed by atoms with Crippen molar-refractivity contribution in [3.8, 4) is 5.88 Å². The third-order valence-electron chi connectivity index (χ3n) is 2.27. The molecule has 5 heteroatoms. The molecule has 0 aliphatic heterocycles. The molecule has 1 unspecified atom stereocenters. The Balaban J connectivity index is 2.42. The van der Waals surface area contributed by atoms with Crippen molar-refractivity contribution >= 4 is 5.95 Å². The minimum Gasteiger partial charge on any atom is -0.478 e. The largest absolute Gasteiger partial charge is 0.478 e. The fourth-order valence-electron chi connectivity index (χ4n) is 1.41. The van der Waals surface area contributed by atoms with Crippen molar-refractivity contribution in [3.63, 3.8) is 0 Å². The van der Waals surface area contributed by atoms with Gasteiger partial charge in [-0.25, -0.2) is 4.98 Å². The van der Waals surface area contributed by atoms with Crippen LogP contribution in [-0.4, -0.2) is 29.2 Å². The number of nitrogens with two attached hydrogens (primary N) is 1. The summed E-state index contributed by atoms with van der Waals surface area (Å²) >= 11 is 0. The van der Waals surface area contributed by atoms with Crippen molar-refractivity contribution in [2.24, 2.45) is 5.73 Å². The van der Waals surface area contributed by atoms with Crippen molar-refractivity contribution < 1.29 is 4.74 Å². The van der Waals surface area contributed by atoms with Crippen molar-refractivity contribution in [2.45, 2.75) is 39.2 Å². The van der Waals surface area contributed by atoms with E-state index in [4.69, 9.17) is 10.5 Å². The van der Waals surface area contributed by atoms with Gasteiger partial charge < -0.3 is 15.8 Å². The Hall–Kier alpha value is -1.36. The Morgan fingerprint density at radius 3 is 2.94 bits per heavy atom. The van der Waals surface area contributed by atoms with Gasteiger partial charge in [-0.1, -0.05) is 20.3 Å². The lowest BCUT2D eigenvalue weighted by molar-refractivity contribution is 0.305. The highest BCUT2D eigenvalue weighted by Gasteiger charge is 2.03. The summed E-state index contributed by atoms with van der Waals surface area (Å²) < 4.78 is 5.43. The number of nitrogens with one attached hydrogen (secondary N) is 1. The predicted molar refractivity (Wildman–Crippen MR) is 69.2 cm³/mol. The number of aromatic nitrogens is 2. The Morgan fingerprint density at radius 2 is 2.24 bits per heavy atom. The van der Waals surface area contributed by atoms with Gasteiger partial charge in [-0.05, 0) is 12.8 Å². The summed E-state index contributed by atoms with van der Waals surface area (Å²) in [6, 6.07) is 1.90. The van der Waals surface area contributed by atoms with Gasteiger partial charge in [0.25, 0.3) is 0 Å². The topological polar surface area (TPSA) is 73.1 Å². The van der Waals surface area contributed by atoms with E-state index in [1.807, 2.05) is 0 Å². The molecule has 1 heterocycles. The minimum atomic E-state index is 0.142. The lowest BCUT2D eigenvalue weighted by Crippen LogP contribution is -2.29. The van der Waals surface area contributed by atoms with Gasteiger partial charge >= 0.3 is 0 Å². The zero-order valence-electron chi connectivity index (χ0n) is 10.6. The molecule has 0 amide bonds. The Morgan fingerprint density at radius 1 is 1.41 bits per heavy atom. The average molecular weight is 238 g/mol. The summed E-state index contributed by atoms with van der Waals surface area (Å²) in [7, 11) is 0. The summed E-state index contributed by atoms with van der Waals surface area (Å²) in [5.41, 5.74) is 5.90.